The van der Waals surface area contributed by atoms with Crippen LogP contribution in [0.2, 0.25) is 0 Å². The lowest BCUT2D eigenvalue weighted by atomic mass is 9.44. The van der Waals surface area contributed by atoms with Crippen LogP contribution in [0.15, 0.2) is 12.2 Å². The van der Waals surface area contributed by atoms with Crippen molar-refractivity contribution < 1.29 is 9.47 Å². The Labute approximate surface area is 147 Å². The van der Waals surface area contributed by atoms with Gasteiger partial charge in [0.25, 0.3) is 0 Å². The number of ether oxygens (including phenoxy) is 2. The van der Waals surface area contributed by atoms with Crippen LogP contribution in [0, 0.1) is 34.5 Å². The first-order valence-electron chi connectivity index (χ1n) is 10.5. The number of allylic oxidation sites excluding steroid dienone is 1. The van der Waals surface area contributed by atoms with Crippen molar-refractivity contribution in [2.45, 2.75) is 70.8 Å². The van der Waals surface area contributed by atoms with Gasteiger partial charge in [-0.15, -0.1) is 0 Å². The Balaban J connectivity index is 1.50. The minimum absolute atomic E-state index is 0.329. The van der Waals surface area contributed by atoms with Gasteiger partial charge in [0, 0.05) is 5.41 Å². The van der Waals surface area contributed by atoms with E-state index >= 15 is 0 Å². The molecule has 2 unspecified atom stereocenters. The molecule has 5 aliphatic rings. The molecule has 0 radical (unpaired) electrons. The average molecular weight is 331 g/mol. The molecular weight excluding hydrogens is 296 g/mol. The molecule has 0 bridgehead atoms. The summed E-state index contributed by atoms with van der Waals surface area (Å²) in [4.78, 5) is 0. The van der Waals surface area contributed by atoms with Gasteiger partial charge in [0.15, 0.2) is 0 Å². The largest absolute Gasteiger partial charge is 0.378 e. The van der Waals surface area contributed by atoms with Gasteiger partial charge in [-0.3, -0.25) is 0 Å². The number of hydrogen-bond acceptors (Lipinski definition) is 2. The smallest absolute Gasteiger partial charge is 0.0704 e. The van der Waals surface area contributed by atoms with Gasteiger partial charge in [-0.1, -0.05) is 31.9 Å². The summed E-state index contributed by atoms with van der Waals surface area (Å²) in [6.07, 6.45) is 12.9. The average Bonchev–Trinajstić information content (AvgIpc) is 2.82. The van der Waals surface area contributed by atoms with Crippen LogP contribution in [-0.2, 0) is 9.47 Å². The third-order valence-electron chi connectivity index (χ3n) is 9.08. The summed E-state index contributed by atoms with van der Waals surface area (Å²) in [5.41, 5.74) is 2.45. The van der Waals surface area contributed by atoms with E-state index in [1.165, 1.54) is 57.8 Å². The molecule has 0 aromatic carbocycles. The molecule has 5 fully saturated rings. The van der Waals surface area contributed by atoms with E-state index in [4.69, 9.17) is 9.47 Å². The Bertz CT molecular complexity index is 528. The molecule has 134 valence electrons. The summed E-state index contributed by atoms with van der Waals surface area (Å²) in [7, 11) is 0. The van der Waals surface area contributed by atoms with Crippen molar-refractivity contribution in [2.24, 2.45) is 34.5 Å². The lowest BCUT2D eigenvalue weighted by molar-refractivity contribution is -0.126. The second-order valence-corrected chi connectivity index (χ2v) is 9.80. The number of hydrogen-bond donors (Lipinski definition) is 0. The van der Waals surface area contributed by atoms with E-state index in [-0.39, 0.29) is 0 Å². The highest BCUT2D eigenvalue weighted by atomic mass is 16.5. The summed E-state index contributed by atoms with van der Waals surface area (Å²) in [5, 5.41) is 0. The Hall–Kier alpha value is -0.340. The van der Waals surface area contributed by atoms with Gasteiger partial charge in [-0.05, 0) is 74.0 Å². The lowest BCUT2D eigenvalue weighted by Gasteiger charge is -2.61. The molecule has 7 atom stereocenters. The van der Waals surface area contributed by atoms with Gasteiger partial charge in [-0.2, -0.15) is 0 Å². The Kier molecular flexibility index (Phi) is 3.69. The highest BCUT2D eigenvalue weighted by Gasteiger charge is 2.62. The zero-order valence-corrected chi connectivity index (χ0v) is 15.4. The number of rotatable bonds is 0. The van der Waals surface area contributed by atoms with Crippen LogP contribution in [-0.4, -0.2) is 25.9 Å². The molecule has 0 aromatic heterocycles. The van der Waals surface area contributed by atoms with Crippen LogP contribution in [0.4, 0.5) is 0 Å². The van der Waals surface area contributed by atoms with Crippen molar-refractivity contribution in [2.75, 3.05) is 19.8 Å². The molecule has 2 nitrogen and oxygen atoms in total. The standard InChI is InChI=1S/C22H34O2/c1-15-13-16-18(21(2)9-4-3-5-17(15)21)8-10-22-14-23-11-12-24-20(22)7-6-19(16)22/h16-20H,1,3-14H2,2H3/t16-,17?,18+,19+,20?,21+,22-/m1/s1. The van der Waals surface area contributed by atoms with Crippen molar-refractivity contribution in [1.82, 2.24) is 0 Å². The third-order valence-corrected chi connectivity index (χ3v) is 9.08. The minimum atomic E-state index is 0.329. The maximum Gasteiger partial charge on any atom is 0.0704 e. The summed E-state index contributed by atoms with van der Waals surface area (Å²) in [6.45, 7) is 9.79. The molecule has 4 aliphatic carbocycles. The topological polar surface area (TPSA) is 18.5 Å². The maximum atomic E-state index is 6.28. The fourth-order valence-corrected chi connectivity index (χ4v) is 8.10. The van der Waals surface area contributed by atoms with Gasteiger partial charge < -0.3 is 9.47 Å². The van der Waals surface area contributed by atoms with Gasteiger partial charge >= 0.3 is 0 Å². The zero-order valence-electron chi connectivity index (χ0n) is 15.4. The fourth-order valence-electron chi connectivity index (χ4n) is 8.10. The first-order chi connectivity index (χ1) is 11.7. The SMILES string of the molecule is C=C1C[C@H]2[C@@H]3CCC4OCCOC[C@@]43CC[C@@H]2[C@@]2(C)CCCCC12. The molecule has 1 saturated heterocycles. The van der Waals surface area contributed by atoms with Crippen LogP contribution < -0.4 is 0 Å². The second-order valence-electron chi connectivity index (χ2n) is 9.80. The van der Waals surface area contributed by atoms with E-state index in [2.05, 4.69) is 13.5 Å². The third kappa shape index (κ3) is 2.02. The van der Waals surface area contributed by atoms with Gasteiger partial charge in [0.1, 0.15) is 0 Å². The van der Waals surface area contributed by atoms with Crippen LogP contribution >= 0.6 is 0 Å². The highest BCUT2D eigenvalue weighted by Crippen LogP contribution is 2.67. The monoisotopic (exact) mass is 330 g/mol. The number of fused-ring (bicyclic) bond motifs is 4. The van der Waals surface area contributed by atoms with Crippen LogP contribution in [0.1, 0.15) is 64.7 Å². The van der Waals surface area contributed by atoms with Gasteiger partial charge in [0.05, 0.1) is 25.9 Å². The second kappa shape index (κ2) is 5.58. The Morgan fingerprint density at radius 2 is 1.92 bits per heavy atom. The molecule has 0 amide bonds. The first-order valence-corrected chi connectivity index (χ1v) is 10.5. The summed E-state index contributed by atoms with van der Waals surface area (Å²) in [6, 6.07) is 0. The van der Waals surface area contributed by atoms with E-state index < -0.39 is 0 Å². The van der Waals surface area contributed by atoms with E-state index in [1.807, 2.05) is 0 Å². The molecule has 1 heterocycles. The molecule has 5 rings (SSSR count). The first kappa shape index (κ1) is 15.9. The zero-order chi connectivity index (χ0) is 16.4. The molecule has 24 heavy (non-hydrogen) atoms. The van der Waals surface area contributed by atoms with Crippen molar-refractivity contribution in [3.05, 3.63) is 12.2 Å². The van der Waals surface area contributed by atoms with Crippen molar-refractivity contribution in [3.8, 4) is 0 Å². The molecule has 1 spiro atoms. The molecular formula is C22H34O2. The van der Waals surface area contributed by atoms with Crippen molar-refractivity contribution in [3.63, 3.8) is 0 Å². The Morgan fingerprint density at radius 3 is 2.83 bits per heavy atom. The summed E-state index contributed by atoms with van der Waals surface area (Å²) >= 11 is 0. The van der Waals surface area contributed by atoms with Crippen molar-refractivity contribution >= 4 is 0 Å². The van der Waals surface area contributed by atoms with E-state index in [1.54, 1.807) is 5.57 Å². The predicted molar refractivity (Wildman–Crippen MR) is 95.8 cm³/mol. The highest BCUT2D eigenvalue weighted by molar-refractivity contribution is 5.20. The van der Waals surface area contributed by atoms with Crippen molar-refractivity contribution in [1.29, 1.82) is 0 Å². The minimum Gasteiger partial charge on any atom is -0.378 e. The van der Waals surface area contributed by atoms with Gasteiger partial charge in [0.2, 0.25) is 0 Å². The summed E-state index contributed by atoms with van der Waals surface area (Å²) in [5.74, 6) is 3.39. The molecule has 2 heteroatoms. The molecule has 0 aromatic rings. The van der Waals surface area contributed by atoms with Crippen LogP contribution in [0.25, 0.3) is 0 Å². The van der Waals surface area contributed by atoms with E-state index in [9.17, 15) is 0 Å². The fraction of sp³-hybridized carbons (Fsp3) is 0.909. The Morgan fingerprint density at radius 1 is 1.00 bits per heavy atom. The maximum absolute atomic E-state index is 6.28. The van der Waals surface area contributed by atoms with E-state index in [0.29, 0.717) is 16.9 Å². The normalized spacial score (nSPS) is 54.2. The molecule has 0 N–H and O–H groups in total. The lowest BCUT2D eigenvalue weighted by Crippen LogP contribution is -2.55. The van der Waals surface area contributed by atoms with Crippen LogP contribution in [0.3, 0.4) is 0 Å². The van der Waals surface area contributed by atoms with E-state index in [0.717, 1.165) is 43.5 Å². The molecule has 4 saturated carbocycles. The molecule has 1 aliphatic heterocycles. The summed E-state index contributed by atoms with van der Waals surface area (Å²) < 4.78 is 12.3. The van der Waals surface area contributed by atoms with Gasteiger partial charge in [-0.25, -0.2) is 0 Å². The quantitative estimate of drug-likeness (QED) is 0.583. The predicted octanol–water partition coefficient (Wildman–Crippen LogP) is 4.98. The van der Waals surface area contributed by atoms with Crippen LogP contribution in [0.5, 0.6) is 0 Å².